The van der Waals surface area contributed by atoms with Crippen LogP contribution in [0.15, 0.2) is 30.3 Å². The molecule has 0 aromatic heterocycles. The first-order valence-electron chi connectivity index (χ1n) is 9.36. The highest BCUT2D eigenvalue weighted by atomic mass is 15.3. The van der Waals surface area contributed by atoms with Crippen LogP contribution in [0.2, 0.25) is 0 Å². The monoisotopic (exact) mass is 300 g/mol. The van der Waals surface area contributed by atoms with Crippen molar-refractivity contribution in [2.75, 3.05) is 24.5 Å². The predicted octanol–water partition coefficient (Wildman–Crippen LogP) is 4.70. The van der Waals surface area contributed by atoms with Crippen molar-refractivity contribution in [3.05, 3.63) is 30.3 Å². The van der Waals surface area contributed by atoms with Crippen LogP contribution in [-0.2, 0) is 0 Å². The molecule has 0 amide bonds. The molecule has 1 unspecified atom stereocenters. The lowest BCUT2D eigenvalue weighted by Gasteiger charge is -2.46. The van der Waals surface area contributed by atoms with Crippen LogP contribution < -0.4 is 4.90 Å². The Hall–Kier alpha value is -1.02. The number of rotatable bonds is 7. The van der Waals surface area contributed by atoms with E-state index in [1.807, 2.05) is 0 Å². The molecular formula is C20H32N2. The highest BCUT2D eigenvalue weighted by molar-refractivity contribution is 5.47. The summed E-state index contributed by atoms with van der Waals surface area (Å²) >= 11 is 0. The molecule has 0 radical (unpaired) electrons. The zero-order valence-corrected chi connectivity index (χ0v) is 14.4. The van der Waals surface area contributed by atoms with Gasteiger partial charge in [-0.3, -0.25) is 4.90 Å². The molecule has 1 aliphatic heterocycles. The maximum absolute atomic E-state index is 2.84. The summed E-state index contributed by atoms with van der Waals surface area (Å²) in [5.41, 5.74) is 2.00. The average Bonchev–Trinajstić information content (AvgIpc) is 3.36. The van der Waals surface area contributed by atoms with Gasteiger partial charge in [-0.15, -0.1) is 0 Å². The normalized spacial score (nSPS) is 24.5. The second-order valence-corrected chi connectivity index (χ2v) is 7.22. The molecule has 1 aromatic carbocycles. The van der Waals surface area contributed by atoms with Gasteiger partial charge in [-0.1, -0.05) is 51.3 Å². The van der Waals surface area contributed by atoms with E-state index in [4.69, 9.17) is 0 Å². The number of anilines is 1. The highest BCUT2D eigenvalue weighted by Crippen LogP contribution is 2.47. The third-order valence-electron chi connectivity index (χ3n) is 5.79. The highest BCUT2D eigenvalue weighted by Gasteiger charge is 2.48. The summed E-state index contributed by atoms with van der Waals surface area (Å²) in [5, 5.41) is 0. The Morgan fingerprint density at radius 3 is 2.45 bits per heavy atom. The fourth-order valence-corrected chi connectivity index (χ4v) is 4.17. The fourth-order valence-electron chi connectivity index (χ4n) is 4.17. The standard InChI is InChI=1S/C20H32N2/c1-3-5-9-12-20(13-14-20)21-15-16-22(18(4-2)17-21)19-10-7-6-8-11-19/h6-8,10-11,18H,3-5,9,12-17H2,1-2H3. The van der Waals surface area contributed by atoms with Gasteiger partial charge in [-0.05, 0) is 37.8 Å². The van der Waals surface area contributed by atoms with Crippen molar-refractivity contribution >= 4 is 5.69 Å². The number of hydrogen-bond acceptors (Lipinski definition) is 2. The summed E-state index contributed by atoms with van der Waals surface area (Å²) in [7, 11) is 0. The van der Waals surface area contributed by atoms with Gasteiger partial charge in [-0.25, -0.2) is 0 Å². The predicted molar refractivity (Wildman–Crippen MR) is 95.5 cm³/mol. The Labute approximate surface area is 136 Å². The maximum Gasteiger partial charge on any atom is 0.0415 e. The summed E-state index contributed by atoms with van der Waals surface area (Å²) in [6.07, 6.45) is 9.74. The van der Waals surface area contributed by atoms with Gasteiger partial charge in [0.2, 0.25) is 0 Å². The van der Waals surface area contributed by atoms with Gasteiger partial charge in [0.15, 0.2) is 0 Å². The largest absolute Gasteiger partial charge is 0.366 e. The van der Waals surface area contributed by atoms with Crippen LogP contribution in [0.3, 0.4) is 0 Å². The zero-order valence-electron chi connectivity index (χ0n) is 14.4. The Morgan fingerprint density at radius 1 is 1.05 bits per heavy atom. The molecule has 2 fully saturated rings. The number of unbranched alkanes of at least 4 members (excludes halogenated alkanes) is 2. The number of piperazine rings is 1. The van der Waals surface area contributed by atoms with Crippen LogP contribution in [0.4, 0.5) is 5.69 Å². The topological polar surface area (TPSA) is 6.48 Å². The summed E-state index contributed by atoms with van der Waals surface area (Å²) in [6, 6.07) is 11.7. The van der Waals surface area contributed by atoms with Crippen LogP contribution in [0.1, 0.15) is 58.8 Å². The van der Waals surface area contributed by atoms with Crippen molar-refractivity contribution in [2.45, 2.75) is 70.4 Å². The van der Waals surface area contributed by atoms with Crippen LogP contribution in [0.25, 0.3) is 0 Å². The minimum absolute atomic E-state index is 0.589. The number of nitrogens with zero attached hydrogens (tertiary/aromatic N) is 2. The van der Waals surface area contributed by atoms with Crippen molar-refractivity contribution in [1.29, 1.82) is 0 Å². The molecule has 0 bridgehead atoms. The van der Waals surface area contributed by atoms with E-state index < -0.39 is 0 Å². The third kappa shape index (κ3) is 3.32. The number of benzene rings is 1. The van der Waals surface area contributed by atoms with Crippen molar-refractivity contribution in [3.8, 4) is 0 Å². The van der Waals surface area contributed by atoms with Crippen molar-refractivity contribution in [2.24, 2.45) is 0 Å². The molecule has 1 aliphatic carbocycles. The Kier molecular flexibility index (Phi) is 5.07. The van der Waals surface area contributed by atoms with Crippen LogP contribution in [0, 0.1) is 0 Å². The van der Waals surface area contributed by atoms with E-state index in [1.165, 1.54) is 70.3 Å². The molecule has 122 valence electrons. The van der Waals surface area contributed by atoms with E-state index in [-0.39, 0.29) is 0 Å². The molecule has 3 rings (SSSR count). The lowest BCUT2D eigenvalue weighted by molar-refractivity contribution is 0.131. The summed E-state index contributed by atoms with van der Waals surface area (Å²) in [4.78, 5) is 5.48. The maximum atomic E-state index is 2.84. The molecule has 1 aromatic rings. The smallest absolute Gasteiger partial charge is 0.0415 e. The molecule has 0 N–H and O–H groups in total. The van der Waals surface area contributed by atoms with Crippen LogP contribution >= 0.6 is 0 Å². The van der Waals surface area contributed by atoms with Gasteiger partial charge in [0, 0.05) is 36.9 Å². The van der Waals surface area contributed by atoms with Crippen molar-refractivity contribution in [3.63, 3.8) is 0 Å². The molecule has 1 heterocycles. The molecule has 2 aliphatic rings. The molecule has 1 saturated heterocycles. The lowest BCUT2D eigenvalue weighted by Crippen LogP contribution is -2.56. The molecule has 2 heteroatoms. The van der Waals surface area contributed by atoms with Gasteiger partial charge in [-0.2, -0.15) is 0 Å². The second-order valence-electron chi connectivity index (χ2n) is 7.22. The molecule has 22 heavy (non-hydrogen) atoms. The summed E-state index contributed by atoms with van der Waals surface area (Å²) in [5.74, 6) is 0. The summed E-state index contributed by atoms with van der Waals surface area (Å²) in [6.45, 7) is 8.36. The van der Waals surface area contributed by atoms with Crippen LogP contribution in [-0.4, -0.2) is 36.1 Å². The first kappa shape index (κ1) is 15.9. The lowest BCUT2D eigenvalue weighted by atomic mass is 10.0. The molecule has 1 saturated carbocycles. The Balaban J connectivity index is 1.63. The first-order chi connectivity index (χ1) is 10.8. The van der Waals surface area contributed by atoms with Gasteiger partial charge >= 0.3 is 0 Å². The van der Waals surface area contributed by atoms with Crippen molar-refractivity contribution < 1.29 is 0 Å². The Morgan fingerprint density at radius 2 is 1.82 bits per heavy atom. The second kappa shape index (κ2) is 7.04. The SMILES string of the molecule is CCCCCC1(N2CCN(c3ccccc3)C(CC)C2)CC1. The molecule has 0 spiro atoms. The van der Waals surface area contributed by atoms with E-state index in [9.17, 15) is 0 Å². The number of para-hydroxylation sites is 1. The average molecular weight is 300 g/mol. The quantitative estimate of drug-likeness (QED) is 0.673. The van der Waals surface area contributed by atoms with E-state index >= 15 is 0 Å². The zero-order chi connectivity index (χ0) is 15.4. The van der Waals surface area contributed by atoms with Crippen molar-refractivity contribution in [1.82, 2.24) is 4.90 Å². The van der Waals surface area contributed by atoms with Gasteiger partial charge < -0.3 is 4.90 Å². The van der Waals surface area contributed by atoms with E-state index in [0.717, 1.165) is 0 Å². The molecule has 2 nitrogen and oxygen atoms in total. The van der Waals surface area contributed by atoms with Gasteiger partial charge in [0.1, 0.15) is 0 Å². The minimum Gasteiger partial charge on any atom is -0.366 e. The van der Waals surface area contributed by atoms with Gasteiger partial charge in [0.05, 0.1) is 0 Å². The third-order valence-corrected chi connectivity index (χ3v) is 5.79. The first-order valence-corrected chi connectivity index (χ1v) is 9.36. The van der Waals surface area contributed by atoms with E-state index in [2.05, 4.69) is 54.0 Å². The fraction of sp³-hybridized carbons (Fsp3) is 0.700. The molecule has 1 atom stereocenters. The summed E-state index contributed by atoms with van der Waals surface area (Å²) < 4.78 is 0. The van der Waals surface area contributed by atoms with E-state index in [1.54, 1.807) is 0 Å². The Bertz CT molecular complexity index is 452. The molecular weight excluding hydrogens is 268 g/mol. The number of hydrogen-bond donors (Lipinski definition) is 0. The minimum atomic E-state index is 0.589. The van der Waals surface area contributed by atoms with Crippen LogP contribution in [0.5, 0.6) is 0 Å². The van der Waals surface area contributed by atoms with E-state index in [0.29, 0.717) is 11.6 Å². The van der Waals surface area contributed by atoms with Gasteiger partial charge in [0.25, 0.3) is 0 Å².